The number of aryl methyl sites for hydroxylation is 3. The highest BCUT2D eigenvalue weighted by atomic mass is 32.2. The Hall–Kier alpha value is -4.28. The summed E-state index contributed by atoms with van der Waals surface area (Å²) in [6, 6.07) is 6.48. The maximum Gasteiger partial charge on any atom is 0.425 e. The molecular weight excluding hydrogens is 719 g/mol. The van der Waals surface area contributed by atoms with E-state index >= 15 is 0 Å². The Morgan fingerprint density at radius 3 is 2.00 bits per heavy atom. The minimum Gasteiger partial charge on any atom is -0.458 e. The van der Waals surface area contributed by atoms with Gasteiger partial charge in [-0.1, -0.05) is 23.8 Å². The molecule has 15 nitrogen and oxygen atoms in total. The van der Waals surface area contributed by atoms with E-state index in [-0.39, 0.29) is 17.5 Å². The van der Waals surface area contributed by atoms with Crippen LogP contribution in [0.15, 0.2) is 41.4 Å². The van der Waals surface area contributed by atoms with Crippen LogP contribution in [-0.2, 0) is 38.6 Å². The second-order valence-corrected chi connectivity index (χ2v) is 18.2. The number of aromatic nitrogens is 1. The maximum atomic E-state index is 14.4. The zero-order valence-corrected chi connectivity index (χ0v) is 34.4. The first kappa shape index (κ1) is 44.1. The number of amides is 3. The topological polar surface area (TPSA) is 183 Å². The molecule has 300 valence electrons. The highest BCUT2D eigenvalue weighted by Gasteiger charge is 2.45. The summed E-state index contributed by atoms with van der Waals surface area (Å²) in [7, 11) is -4.75. The third kappa shape index (κ3) is 12.9. The number of hydrogen-bond acceptors (Lipinski definition) is 12. The fourth-order valence-electron chi connectivity index (χ4n) is 5.82. The summed E-state index contributed by atoms with van der Waals surface area (Å²) >= 11 is 0. The maximum absolute atomic E-state index is 14.4. The average Bonchev–Trinajstić information content (AvgIpc) is 3.45. The average molecular weight is 776 g/mol. The number of rotatable bonds is 12. The summed E-state index contributed by atoms with van der Waals surface area (Å²) in [6.45, 7) is 19.4. The quantitative estimate of drug-likeness (QED) is 0.219. The first-order chi connectivity index (χ1) is 24.8. The molecule has 0 radical (unpaired) electrons. The summed E-state index contributed by atoms with van der Waals surface area (Å²) in [4.78, 5) is 59.4. The Labute approximate surface area is 319 Å². The van der Waals surface area contributed by atoms with E-state index in [0.29, 0.717) is 34.2 Å². The molecule has 2 heterocycles. The number of nitrogens with one attached hydrogen (secondary N) is 2. The van der Waals surface area contributed by atoms with Crippen LogP contribution in [0.4, 0.5) is 15.4 Å². The number of carbonyl (C=O) groups is 4. The molecule has 0 spiro atoms. The van der Waals surface area contributed by atoms with Gasteiger partial charge in [0, 0.05) is 25.3 Å². The van der Waals surface area contributed by atoms with Gasteiger partial charge in [-0.25, -0.2) is 27.8 Å². The number of nitrogens with zero attached hydrogens (tertiary/aromatic N) is 3. The summed E-state index contributed by atoms with van der Waals surface area (Å²) in [5.41, 5.74) is -1.39. The standard InChI is InChI=1S/C38H57N5O10S/c1-24-17-25(2)32(26(3)18-24)54(48,49)43(35(47)53-38(10,11)12)29(33(45)51-36(4,5)6)21-41-31(44)23-50-28-19-27(40-20-28)22-42(30-15-13-14-16-39-30)34(46)52-37(7,8)9/h13-18,27-29,40H,19-23H2,1-12H3,(H,41,44)/t27-,28+,29-/m0/s1. The molecule has 1 aromatic heterocycles. The molecule has 1 aliphatic heterocycles. The lowest BCUT2D eigenvalue weighted by Crippen LogP contribution is -2.56. The monoisotopic (exact) mass is 775 g/mol. The van der Waals surface area contributed by atoms with E-state index in [0.717, 1.165) is 5.56 Å². The first-order valence-corrected chi connectivity index (χ1v) is 19.3. The third-order valence-corrected chi connectivity index (χ3v) is 9.81. The highest BCUT2D eigenvalue weighted by molar-refractivity contribution is 7.89. The van der Waals surface area contributed by atoms with Gasteiger partial charge in [-0.05, 0) is 113 Å². The molecule has 3 rings (SSSR count). The van der Waals surface area contributed by atoms with Crippen molar-refractivity contribution >= 4 is 39.9 Å². The van der Waals surface area contributed by atoms with Crippen LogP contribution in [0.2, 0.25) is 0 Å². The Balaban J connectivity index is 1.80. The lowest BCUT2D eigenvalue weighted by molar-refractivity contribution is -0.159. The molecule has 1 fully saturated rings. The van der Waals surface area contributed by atoms with Gasteiger partial charge in [0.05, 0.1) is 17.5 Å². The van der Waals surface area contributed by atoms with Crippen LogP contribution in [0.1, 0.15) is 85.4 Å². The smallest absolute Gasteiger partial charge is 0.425 e. The minimum atomic E-state index is -4.75. The van der Waals surface area contributed by atoms with Crippen LogP contribution >= 0.6 is 0 Å². The molecule has 0 unspecified atom stereocenters. The van der Waals surface area contributed by atoms with Crippen molar-refractivity contribution in [3.63, 3.8) is 0 Å². The fourth-order valence-corrected chi connectivity index (χ4v) is 7.68. The predicted octanol–water partition coefficient (Wildman–Crippen LogP) is 4.95. The first-order valence-electron chi connectivity index (χ1n) is 17.9. The number of sulfonamides is 1. The van der Waals surface area contributed by atoms with Gasteiger partial charge in [-0.15, -0.1) is 0 Å². The van der Waals surface area contributed by atoms with Crippen molar-refractivity contribution in [1.82, 2.24) is 19.9 Å². The number of benzene rings is 1. The minimum absolute atomic E-state index is 0.168. The molecule has 1 saturated heterocycles. The van der Waals surface area contributed by atoms with E-state index in [1.54, 1.807) is 113 Å². The molecule has 0 bridgehead atoms. The van der Waals surface area contributed by atoms with E-state index in [1.165, 1.54) is 4.90 Å². The third-order valence-electron chi connectivity index (χ3n) is 7.72. The van der Waals surface area contributed by atoms with E-state index in [2.05, 4.69) is 15.6 Å². The summed E-state index contributed by atoms with van der Waals surface area (Å²) in [6.07, 6.45) is -0.254. The largest absolute Gasteiger partial charge is 0.458 e. The SMILES string of the molecule is Cc1cc(C)c(S(=O)(=O)N(C(=O)OC(C)(C)C)[C@@H](CNC(=O)CO[C@H]2CN[C@H](CN(C(=O)OC(C)(C)C)c3ccccn3)C2)C(=O)OC(C)(C)C)c(C)c1. The van der Waals surface area contributed by atoms with Gasteiger partial charge in [0.1, 0.15) is 29.2 Å². The number of carbonyl (C=O) groups excluding carboxylic acids is 4. The van der Waals surface area contributed by atoms with Crippen molar-refractivity contribution in [2.75, 3.05) is 31.1 Å². The normalized spacial score (nSPS) is 17.0. The van der Waals surface area contributed by atoms with Crippen molar-refractivity contribution in [2.45, 2.75) is 129 Å². The molecule has 1 aliphatic rings. The Morgan fingerprint density at radius 2 is 1.46 bits per heavy atom. The molecule has 16 heteroatoms. The van der Waals surface area contributed by atoms with Crippen LogP contribution in [0.25, 0.3) is 0 Å². The Morgan fingerprint density at radius 1 is 0.889 bits per heavy atom. The zero-order valence-electron chi connectivity index (χ0n) is 33.6. The van der Waals surface area contributed by atoms with Crippen molar-refractivity contribution in [3.05, 3.63) is 53.2 Å². The molecule has 2 aromatic rings. The lowest BCUT2D eigenvalue weighted by Gasteiger charge is -2.34. The van der Waals surface area contributed by atoms with Crippen LogP contribution < -0.4 is 15.5 Å². The Kier molecular flexibility index (Phi) is 14.3. The molecule has 3 amide bonds. The summed E-state index contributed by atoms with van der Waals surface area (Å²) < 4.78 is 51.8. The van der Waals surface area contributed by atoms with Gasteiger partial charge in [-0.2, -0.15) is 4.31 Å². The molecule has 3 atom stereocenters. The van der Waals surface area contributed by atoms with Gasteiger partial charge < -0.3 is 29.6 Å². The van der Waals surface area contributed by atoms with Crippen molar-refractivity contribution in [1.29, 1.82) is 0 Å². The Bertz CT molecular complexity index is 1740. The second kappa shape index (κ2) is 17.5. The van der Waals surface area contributed by atoms with E-state index in [1.807, 2.05) is 6.92 Å². The fraction of sp³-hybridized carbons (Fsp3) is 0.605. The number of pyridine rings is 1. The predicted molar refractivity (Wildman–Crippen MR) is 203 cm³/mol. The van der Waals surface area contributed by atoms with Gasteiger partial charge >= 0.3 is 18.2 Å². The molecule has 0 saturated carbocycles. The van der Waals surface area contributed by atoms with E-state index in [4.69, 9.17) is 18.9 Å². The van der Waals surface area contributed by atoms with E-state index < -0.39 is 76.2 Å². The van der Waals surface area contributed by atoms with Gasteiger partial charge in [0.2, 0.25) is 5.91 Å². The van der Waals surface area contributed by atoms with Crippen molar-refractivity contribution < 1.29 is 46.5 Å². The van der Waals surface area contributed by atoms with Crippen LogP contribution in [-0.4, -0.2) is 103 Å². The number of hydrogen-bond donors (Lipinski definition) is 2. The van der Waals surface area contributed by atoms with Gasteiger partial charge in [0.15, 0.2) is 6.04 Å². The molecular formula is C38H57N5O10S. The van der Waals surface area contributed by atoms with E-state index in [9.17, 15) is 27.6 Å². The molecule has 54 heavy (non-hydrogen) atoms. The van der Waals surface area contributed by atoms with Gasteiger partial charge in [0.25, 0.3) is 10.0 Å². The van der Waals surface area contributed by atoms with Crippen molar-refractivity contribution in [3.8, 4) is 0 Å². The van der Waals surface area contributed by atoms with Gasteiger partial charge in [-0.3, -0.25) is 9.69 Å². The lowest BCUT2D eigenvalue weighted by atomic mass is 10.1. The number of anilines is 1. The van der Waals surface area contributed by atoms with Crippen LogP contribution in [0.5, 0.6) is 0 Å². The zero-order chi connectivity index (χ0) is 40.8. The molecule has 2 N–H and O–H groups in total. The summed E-state index contributed by atoms with van der Waals surface area (Å²) in [5.74, 6) is -1.31. The van der Waals surface area contributed by atoms with Crippen molar-refractivity contribution in [2.24, 2.45) is 0 Å². The highest BCUT2D eigenvalue weighted by Crippen LogP contribution is 2.29. The number of esters is 1. The van der Waals surface area contributed by atoms with Crippen LogP contribution in [0, 0.1) is 20.8 Å². The summed E-state index contributed by atoms with van der Waals surface area (Å²) in [5, 5.41) is 5.86. The van der Waals surface area contributed by atoms with Crippen LogP contribution in [0.3, 0.4) is 0 Å². The molecule has 1 aromatic carbocycles. The number of ether oxygens (including phenoxy) is 4. The second-order valence-electron chi connectivity index (χ2n) is 16.4. The molecule has 0 aliphatic carbocycles.